The number of pyridine rings is 1. The molecule has 0 atom stereocenters. The van der Waals surface area contributed by atoms with Gasteiger partial charge in [0.2, 0.25) is 0 Å². The highest BCUT2D eigenvalue weighted by molar-refractivity contribution is 5.66. The zero-order valence-corrected chi connectivity index (χ0v) is 9.40. The molecule has 0 aliphatic heterocycles. The third kappa shape index (κ3) is 1.84. The maximum absolute atomic E-state index is 5.78. The summed E-state index contributed by atoms with van der Waals surface area (Å²) in [5.74, 6) is 1.03. The molecule has 3 heteroatoms. The molecule has 0 fully saturated rings. The highest BCUT2D eigenvalue weighted by Crippen LogP contribution is 2.26. The molecule has 1 aromatic heterocycles. The van der Waals surface area contributed by atoms with Crippen molar-refractivity contribution < 1.29 is 4.74 Å². The van der Waals surface area contributed by atoms with Crippen LogP contribution in [0, 0.1) is 6.92 Å². The van der Waals surface area contributed by atoms with Crippen LogP contribution in [0.2, 0.25) is 0 Å². The number of rotatable bonds is 2. The average molecular weight is 214 g/mol. The zero-order chi connectivity index (χ0) is 11.5. The van der Waals surface area contributed by atoms with Gasteiger partial charge in [0, 0.05) is 5.56 Å². The van der Waals surface area contributed by atoms with Gasteiger partial charge in [-0.1, -0.05) is 24.3 Å². The van der Waals surface area contributed by atoms with Gasteiger partial charge in [-0.3, -0.25) is 0 Å². The fraction of sp³-hybridized carbons (Fsp3) is 0.154. The predicted molar refractivity (Wildman–Crippen MR) is 65.4 cm³/mol. The topological polar surface area (TPSA) is 48.1 Å². The Labute approximate surface area is 94.9 Å². The van der Waals surface area contributed by atoms with E-state index in [4.69, 9.17) is 10.5 Å². The fourth-order valence-corrected chi connectivity index (χ4v) is 1.65. The van der Waals surface area contributed by atoms with Crippen molar-refractivity contribution in [3.05, 3.63) is 42.0 Å². The summed E-state index contributed by atoms with van der Waals surface area (Å²) in [6, 6.07) is 11.8. The summed E-state index contributed by atoms with van der Waals surface area (Å²) < 4.78 is 5.08. The van der Waals surface area contributed by atoms with Gasteiger partial charge in [-0.05, 0) is 24.6 Å². The normalized spacial score (nSPS) is 10.1. The predicted octanol–water partition coefficient (Wildman–Crippen LogP) is 2.65. The lowest BCUT2D eigenvalue weighted by atomic mass is 10.1. The van der Waals surface area contributed by atoms with Gasteiger partial charge in [0.1, 0.15) is 0 Å². The van der Waals surface area contributed by atoms with Crippen LogP contribution in [0.5, 0.6) is 5.75 Å². The molecule has 0 unspecified atom stereocenters. The molecule has 0 saturated carbocycles. The van der Waals surface area contributed by atoms with Crippen LogP contribution in [0.25, 0.3) is 11.3 Å². The van der Waals surface area contributed by atoms with Crippen molar-refractivity contribution in [2.45, 2.75) is 6.92 Å². The van der Waals surface area contributed by atoms with Crippen molar-refractivity contribution in [2.75, 3.05) is 12.8 Å². The summed E-state index contributed by atoms with van der Waals surface area (Å²) in [5, 5.41) is 0. The molecule has 2 rings (SSSR count). The van der Waals surface area contributed by atoms with E-state index in [0.717, 1.165) is 11.3 Å². The Balaban J connectivity index is 2.50. The Bertz CT molecular complexity index is 509. The number of aromatic nitrogens is 1. The number of aryl methyl sites for hydroxylation is 1. The lowest BCUT2D eigenvalue weighted by Gasteiger charge is -2.08. The molecule has 2 aromatic rings. The third-order valence-electron chi connectivity index (χ3n) is 2.53. The Morgan fingerprint density at radius 2 is 1.88 bits per heavy atom. The van der Waals surface area contributed by atoms with Crippen LogP contribution in [-0.2, 0) is 0 Å². The SMILES string of the molecule is COc1ccc(-c2ccccc2C)nc1N. The maximum atomic E-state index is 5.78. The first-order valence-corrected chi connectivity index (χ1v) is 5.09. The van der Waals surface area contributed by atoms with Crippen LogP contribution in [0.3, 0.4) is 0 Å². The number of ether oxygens (including phenoxy) is 1. The van der Waals surface area contributed by atoms with Crippen LogP contribution < -0.4 is 10.5 Å². The zero-order valence-electron chi connectivity index (χ0n) is 9.40. The molecule has 0 aliphatic rings. The second-order valence-electron chi connectivity index (χ2n) is 3.60. The first-order valence-electron chi connectivity index (χ1n) is 5.09. The van der Waals surface area contributed by atoms with E-state index in [-0.39, 0.29) is 0 Å². The second kappa shape index (κ2) is 4.23. The fourth-order valence-electron chi connectivity index (χ4n) is 1.65. The van der Waals surface area contributed by atoms with Crippen LogP contribution in [0.15, 0.2) is 36.4 Å². The van der Waals surface area contributed by atoms with Gasteiger partial charge >= 0.3 is 0 Å². The lowest BCUT2D eigenvalue weighted by Crippen LogP contribution is -1.97. The molecule has 1 heterocycles. The summed E-state index contributed by atoms with van der Waals surface area (Å²) >= 11 is 0. The summed E-state index contributed by atoms with van der Waals surface area (Å²) in [6.45, 7) is 2.05. The Morgan fingerprint density at radius 1 is 1.12 bits per heavy atom. The summed E-state index contributed by atoms with van der Waals surface area (Å²) in [4.78, 5) is 4.33. The number of nitrogens with two attached hydrogens (primary N) is 1. The standard InChI is InChI=1S/C13H14N2O/c1-9-5-3-4-6-10(9)11-7-8-12(16-2)13(14)15-11/h3-8H,1-2H3,(H2,14,15). The lowest BCUT2D eigenvalue weighted by molar-refractivity contribution is 0.415. The number of anilines is 1. The first-order chi connectivity index (χ1) is 7.72. The van der Waals surface area contributed by atoms with E-state index in [1.807, 2.05) is 30.3 Å². The van der Waals surface area contributed by atoms with Crippen LogP contribution >= 0.6 is 0 Å². The molecule has 0 amide bonds. The summed E-state index contributed by atoms with van der Waals surface area (Å²) in [6.07, 6.45) is 0. The largest absolute Gasteiger partial charge is 0.493 e. The molecule has 0 aliphatic carbocycles. The number of hydrogen-bond donors (Lipinski definition) is 1. The molecular weight excluding hydrogens is 200 g/mol. The second-order valence-corrected chi connectivity index (χ2v) is 3.60. The Hall–Kier alpha value is -2.03. The van der Waals surface area contributed by atoms with Gasteiger partial charge in [-0.25, -0.2) is 4.98 Å². The molecule has 1 aromatic carbocycles. The summed E-state index contributed by atoms with van der Waals surface area (Å²) in [7, 11) is 1.58. The molecule has 82 valence electrons. The van der Waals surface area contributed by atoms with Gasteiger partial charge < -0.3 is 10.5 Å². The molecule has 0 bridgehead atoms. The number of nitrogens with zero attached hydrogens (tertiary/aromatic N) is 1. The monoisotopic (exact) mass is 214 g/mol. The smallest absolute Gasteiger partial charge is 0.166 e. The number of methoxy groups -OCH3 is 1. The minimum Gasteiger partial charge on any atom is -0.493 e. The minimum atomic E-state index is 0.420. The third-order valence-corrected chi connectivity index (χ3v) is 2.53. The van der Waals surface area contributed by atoms with Crippen molar-refractivity contribution in [1.29, 1.82) is 0 Å². The van der Waals surface area contributed by atoms with E-state index >= 15 is 0 Å². The Kier molecular flexibility index (Phi) is 2.77. The Morgan fingerprint density at radius 3 is 2.50 bits per heavy atom. The highest BCUT2D eigenvalue weighted by atomic mass is 16.5. The molecule has 0 radical (unpaired) electrons. The van der Waals surface area contributed by atoms with Crippen molar-refractivity contribution in [2.24, 2.45) is 0 Å². The van der Waals surface area contributed by atoms with Crippen molar-refractivity contribution in [3.63, 3.8) is 0 Å². The van der Waals surface area contributed by atoms with E-state index in [0.29, 0.717) is 11.6 Å². The molecule has 0 saturated heterocycles. The van der Waals surface area contributed by atoms with E-state index in [1.165, 1.54) is 5.56 Å². The van der Waals surface area contributed by atoms with Gasteiger partial charge in [-0.15, -0.1) is 0 Å². The number of nitrogen functional groups attached to an aromatic ring is 1. The molecule has 16 heavy (non-hydrogen) atoms. The van der Waals surface area contributed by atoms with Crippen LogP contribution in [0.4, 0.5) is 5.82 Å². The number of hydrogen-bond acceptors (Lipinski definition) is 3. The van der Waals surface area contributed by atoms with E-state index in [2.05, 4.69) is 18.0 Å². The van der Waals surface area contributed by atoms with Crippen LogP contribution in [-0.4, -0.2) is 12.1 Å². The molecule has 3 nitrogen and oxygen atoms in total. The van der Waals surface area contributed by atoms with Gasteiger partial charge in [0.25, 0.3) is 0 Å². The molecular formula is C13H14N2O. The first kappa shape index (κ1) is 10.5. The van der Waals surface area contributed by atoms with E-state index < -0.39 is 0 Å². The average Bonchev–Trinajstić information content (AvgIpc) is 2.29. The molecule has 0 spiro atoms. The van der Waals surface area contributed by atoms with E-state index in [1.54, 1.807) is 7.11 Å². The minimum absolute atomic E-state index is 0.420. The van der Waals surface area contributed by atoms with Gasteiger partial charge in [-0.2, -0.15) is 0 Å². The summed E-state index contributed by atoms with van der Waals surface area (Å²) in [5.41, 5.74) is 8.93. The van der Waals surface area contributed by atoms with Gasteiger partial charge in [0.15, 0.2) is 11.6 Å². The molecule has 2 N–H and O–H groups in total. The number of benzene rings is 1. The van der Waals surface area contributed by atoms with Gasteiger partial charge in [0.05, 0.1) is 12.8 Å². The van der Waals surface area contributed by atoms with Crippen molar-refractivity contribution in [1.82, 2.24) is 4.98 Å². The quantitative estimate of drug-likeness (QED) is 0.836. The van der Waals surface area contributed by atoms with Crippen molar-refractivity contribution in [3.8, 4) is 17.0 Å². The van der Waals surface area contributed by atoms with Crippen LogP contribution in [0.1, 0.15) is 5.56 Å². The van der Waals surface area contributed by atoms with Crippen molar-refractivity contribution >= 4 is 5.82 Å². The maximum Gasteiger partial charge on any atom is 0.166 e. The highest BCUT2D eigenvalue weighted by Gasteiger charge is 2.06. The van der Waals surface area contributed by atoms with E-state index in [9.17, 15) is 0 Å².